The Hall–Kier alpha value is -1.35. The molecule has 0 aliphatic rings. The molecule has 1 aromatic heterocycles. The van der Waals surface area contributed by atoms with Gasteiger partial charge in [0.2, 0.25) is 0 Å². The van der Waals surface area contributed by atoms with Crippen LogP contribution in [0.25, 0.3) is 11.0 Å². The number of aromatic nitrogens is 2. The van der Waals surface area contributed by atoms with Gasteiger partial charge < -0.3 is 10.1 Å². The van der Waals surface area contributed by atoms with Crippen LogP contribution in [0.15, 0.2) is 18.2 Å². The minimum absolute atomic E-state index is 0.123. The van der Waals surface area contributed by atoms with E-state index in [4.69, 9.17) is 0 Å². The lowest BCUT2D eigenvalue weighted by Gasteiger charge is -2.22. The fourth-order valence-electron chi connectivity index (χ4n) is 1.79. The van der Waals surface area contributed by atoms with Crippen molar-refractivity contribution in [2.24, 2.45) is 0 Å². The van der Waals surface area contributed by atoms with Crippen LogP contribution in [0.5, 0.6) is 0 Å². The van der Waals surface area contributed by atoms with E-state index in [9.17, 15) is 5.11 Å². The number of nitrogens with zero attached hydrogens (tertiary/aromatic N) is 1. The van der Waals surface area contributed by atoms with Crippen molar-refractivity contribution in [2.75, 3.05) is 6.61 Å². The molecule has 15 heavy (non-hydrogen) atoms. The third-order valence-corrected chi connectivity index (χ3v) is 2.76. The summed E-state index contributed by atoms with van der Waals surface area (Å²) >= 11 is 0. The summed E-state index contributed by atoms with van der Waals surface area (Å²) in [6, 6.07) is 6.03. The van der Waals surface area contributed by atoms with Gasteiger partial charge in [0, 0.05) is 5.41 Å². The zero-order valence-corrected chi connectivity index (χ0v) is 9.33. The summed E-state index contributed by atoms with van der Waals surface area (Å²) in [5.74, 6) is 0.909. The first kappa shape index (κ1) is 10.2. The lowest BCUT2D eigenvalue weighted by atomic mass is 9.85. The van der Waals surface area contributed by atoms with E-state index >= 15 is 0 Å². The number of aliphatic hydroxyl groups is 1. The predicted molar refractivity (Wildman–Crippen MR) is 60.9 cm³/mol. The minimum atomic E-state index is -0.249. The van der Waals surface area contributed by atoms with Crippen LogP contribution in [0.3, 0.4) is 0 Å². The topological polar surface area (TPSA) is 48.9 Å². The van der Waals surface area contributed by atoms with Crippen LogP contribution in [-0.2, 0) is 5.41 Å². The first-order valence-electron chi connectivity index (χ1n) is 5.11. The van der Waals surface area contributed by atoms with Crippen LogP contribution in [0, 0.1) is 6.92 Å². The summed E-state index contributed by atoms with van der Waals surface area (Å²) < 4.78 is 0. The van der Waals surface area contributed by atoms with Crippen molar-refractivity contribution in [3.05, 3.63) is 29.6 Å². The number of rotatable bonds is 2. The highest BCUT2D eigenvalue weighted by molar-refractivity contribution is 5.79. The summed E-state index contributed by atoms with van der Waals surface area (Å²) in [4.78, 5) is 7.66. The Labute approximate surface area is 89.2 Å². The molecule has 1 aromatic carbocycles. The molecule has 0 saturated heterocycles. The first-order chi connectivity index (χ1) is 7.04. The second kappa shape index (κ2) is 3.35. The molecule has 0 spiro atoms. The minimum Gasteiger partial charge on any atom is -0.395 e. The Morgan fingerprint density at radius 3 is 2.80 bits per heavy atom. The molecule has 3 nitrogen and oxygen atoms in total. The van der Waals surface area contributed by atoms with Gasteiger partial charge in [-0.3, -0.25) is 0 Å². The van der Waals surface area contributed by atoms with E-state index in [1.807, 2.05) is 39.0 Å². The molecule has 0 atom stereocenters. The van der Waals surface area contributed by atoms with Gasteiger partial charge in [-0.05, 0) is 18.6 Å². The van der Waals surface area contributed by atoms with E-state index < -0.39 is 0 Å². The lowest BCUT2D eigenvalue weighted by molar-refractivity contribution is 0.219. The van der Waals surface area contributed by atoms with Gasteiger partial charge >= 0.3 is 0 Å². The molecule has 2 N–H and O–H groups in total. The molecule has 0 aliphatic heterocycles. The number of aryl methyl sites for hydroxylation is 1. The summed E-state index contributed by atoms with van der Waals surface area (Å²) in [6.45, 7) is 6.10. The Bertz CT molecular complexity index is 485. The molecule has 0 fully saturated rings. The molecule has 0 aliphatic carbocycles. The molecule has 0 amide bonds. The van der Waals surface area contributed by atoms with Gasteiger partial charge in [0.05, 0.1) is 17.6 Å². The maximum Gasteiger partial charge on any atom is 0.104 e. The number of H-pyrrole nitrogens is 1. The van der Waals surface area contributed by atoms with E-state index in [-0.39, 0.29) is 12.0 Å². The van der Waals surface area contributed by atoms with Crippen molar-refractivity contribution in [3.8, 4) is 0 Å². The Balaban J connectivity index is 2.70. The third kappa shape index (κ3) is 1.63. The molecule has 1 heterocycles. The van der Waals surface area contributed by atoms with Crippen molar-refractivity contribution in [2.45, 2.75) is 26.2 Å². The number of aliphatic hydroxyl groups excluding tert-OH is 1. The summed E-state index contributed by atoms with van der Waals surface area (Å²) in [6.07, 6.45) is 0. The van der Waals surface area contributed by atoms with Gasteiger partial charge in [-0.2, -0.15) is 0 Å². The van der Waals surface area contributed by atoms with Crippen LogP contribution in [0.2, 0.25) is 0 Å². The number of benzene rings is 1. The number of para-hydroxylation sites is 1. The van der Waals surface area contributed by atoms with Crippen LogP contribution < -0.4 is 0 Å². The van der Waals surface area contributed by atoms with Gasteiger partial charge in [0.25, 0.3) is 0 Å². The highest BCUT2D eigenvalue weighted by Gasteiger charge is 2.22. The van der Waals surface area contributed by atoms with Gasteiger partial charge in [-0.15, -0.1) is 0 Å². The van der Waals surface area contributed by atoms with Gasteiger partial charge in [-0.1, -0.05) is 26.0 Å². The molecule has 0 unspecified atom stereocenters. The third-order valence-electron chi connectivity index (χ3n) is 2.76. The fourth-order valence-corrected chi connectivity index (χ4v) is 1.79. The maximum absolute atomic E-state index is 9.38. The van der Waals surface area contributed by atoms with Crippen LogP contribution in [0.1, 0.15) is 25.2 Å². The molecule has 0 radical (unpaired) electrons. The zero-order valence-electron chi connectivity index (χ0n) is 9.33. The number of fused-ring (bicyclic) bond motifs is 1. The highest BCUT2D eigenvalue weighted by atomic mass is 16.3. The standard InChI is InChI=1S/C12H16N2O/c1-8-13-10-6-4-5-9(11(10)14-8)12(2,3)7-15/h4-6,15H,7H2,1-3H3,(H,13,14). The normalized spacial score (nSPS) is 12.3. The average molecular weight is 204 g/mol. The zero-order chi connectivity index (χ0) is 11.1. The highest BCUT2D eigenvalue weighted by Crippen LogP contribution is 2.28. The van der Waals surface area contributed by atoms with Gasteiger partial charge in [-0.25, -0.2) is 4.98 Å². The van der Waals surface area contributed by atoms with Crippen molar-refractivity contribution in [3.63, 3.8) is 0 Å². The summed E-state index contributed by atoms with van der Waals surface area (Å²) in [5, 5.41) is 9.38. The molecule has 80 valence electrons. The largest absolute Gasteiger partial charge is 0.395 e. The second-order valence-corrected chi connectivity index (χ2v) is 4.57. The SMILES string of the molecule is Cc1nc2c(C(C)(C)CO)cccc2[nH]1. The van der Waals surface area contributed by atoms with Crippen LogP contribution in [-0.4, -0.2) is 21.7 Å². The predicted octanol–water partition coefficient (Wildman–Crippen LogP) is 2.14. The number of aromatic amines is 1. The maximum atomic E-state index is 9.38. The smallest absolute Gasteiger partial charge is 0.104 e. The Morgan fingerprint density at radius 2 is 2.13 bits per heavy atom. The van der Waals surface area contributed by atoms with E-state index in [1.165, 1.54) is 0 Å². The van der Waals surface area contributed by atoms with Crippen molar-refractivity contribution >= 4 is 11.0 Å². The molecular formula is C12H16N2O. The quantitative estimate of drug-likeness (QED) is 0.787. The number of hydrogen-bond donors (Lipinski definition) is 2. The van der Waals surface area contributed by atoms with Crippen molar-refractivity contribution in [1.29, 1.82) is 0 Å². The van der Waals surface area contributed by atoms with Crippen molar-refractivity contribution < 1.29 is 5.11 Å². The summed E-state index contributed by atoms with van der Waals surface area (Å²) in [7, 11) is 0. The van der Waals surface area contributed by atoms with E-state index in [0.717, 1.165) is 22.4 Å². The molecule has 2 rings (SSSR count). The molecule has 0 saturated carbocycles. The Kier molecular flexibility index (Phi) is 2.27. The van der Waals surface area contributed by atoms with Crippen LogP contribution in [0.4, 0.5) is 0 Å². The first-order valence-corrected chi connectivity index (χ1v) is 5.11. The number of imidazole rings is 1. The number of hydrogen-bond acceptors (Lipinski definition) is 2. The summed E-state index contributed by atoms with van der Waals surface area (Å²) in [5.41, 5.74) is 2.84. The number of nitrogens with one attached hydrogen (secondary N) is 1. The lowest BCUT2D eigenvalue weighted by Crippen LogP contribution is -2.22. The monoisotopic (exact) mass is 204 g/mol. The average Bonchev–Trinajstić information content (AvgIpc) is 2.57. The van der Waals surface area contributed by atoms with E-state index in [2.05, 4.69) is 9.97 Å². The fraction of sp³-hybridized carbons (Fsp3) is 0.417. The molecule has 0 bridgehead atoms. The Morgan fingerprint density at radius 1 is 1.40 bits per heavy atom. The van der Waals surface area contributed by atoms with E-state index in [1.54, 1.807) is 0 Å². The molecule has 2 aromatic rings. The molecule has 3 heteroatoms. The van der Waals surface area contributed by atoms with Crippen LogP contribution >= 0.6 is 0 Å². The van der Waals surface area contributed by atoms with Crippen molar-refractivity contribution in [1.82, 2.24) is 9.97 Å². The molecular weight excluding hydrogens is 188 g/mol. The second-order valence-electron chi connectivity index (χ2n) is 4.57. The van der Waals surface area contributed by atoms with Gasteiger partial charge in [0.15, 0.2) is 0 Å². The van der Waals surface area contributed by atoms with Gasteiger partial charge in [0.1, 0.15) is 5.82 Å². The van der Waals surface area contributed by atoms with E-state index in [0.29, 0.717) is 0 Å².